The van der Waals surface area contributed by atoms with E-state index in [0.29, 0.717) is 0 Å². The third-order valence-electron chi connectivity index (χ3n) is 3.98. The molecule has 0 saturated carbocycles. The fourth-order valence-electron chi connectivity index (χ4n) is 2.95. The van der Waals surface area contributed by atoms with Crippen LogP contribution < -0.4 is 5.32 Å². The predicted molar refractivity (Wildman–Crippen MR) is 100 cm³/mol. The average Bonchev–Trinajstić information content (AvgIpc) is 3.03. The lowest BCUT2D eigenvalue weighted by molar-refractivity contribution is 0.607. The van der Waals surface area contributed by atoms with Gasteiger partial charge in [-0.25, -0.2) is 4.98 Å². The van der Waals surface area contributed by atoms with E-state index >= 15 is 0 Å². The number of hydrogen-bond donors (Lipinski definition) is 1. The SMILES string of the molecule is CCc1ncc(CNC(c2cccnc2)c2cc(C)cc(C)c2)s1. The molecular formula is C20H23N3S. The van der Waals surface area contributed by atoms with Crippen LogP contribution in [0.25, 0.3) is 0 Å². The first-order valence-corrected chi connectivity index (χ1v) is 9.12. The largest absolute Gasteiger partial charge is 0.301 e. The highest BCUT2D eigenvalue weighted by atomic mass is 32.1. The summed E-state index contributed by atoms with van der Waals surface area (Å²) < 4.78 is 0. The van der Waals surface area contributed by atoms with Crippen LogP contribution in [0.15, 0.2) is 48.9 Å². The molecule has 1 unspecified atom stereocenters. The van der Waals surface area contributed by atoms with Crippen LogP contribution in [0.2, 0.25) is 0 Å². The lowest BCUT2D eigenvalue weighted by Gasteiger charge is -2.20. The van der Waals surface area contributed by atoms with Crippen molar-refractivity contribution >= 4 is 11.3 Å². The Balaban J connectivity index is 1.87. The molecule has 0 spiro atoms. The predicted octanol–water partition coefficient (Wildman–Crippen LogP) is 4.60. The van der Waals surface area contributed by atoms with Gasteiger partial charge in [0.05, 0.1) is 11.0 Å². The van der Waals surface area contributed by atoms with Gasteiger partial charge in [-0.05, 0) is 37.5 Å². The summed E-state index contributed by atoms with van der Waals surface area (Å²) in [6.45, 7) is 7.25. The molecule has 0 aliphatic carbocycles. The summed E-state index contributed by atoms with van der Waals surface area (Å²) in [5, 5.41) is 4.88. The van der Waals surface area contributed by atoms with Crippen molar-refractivity contribution in [3.05, 3.63) is 81.1 Å². The maximum Gasteiger partial charge on any atom is 0.0925 e. The van der Waals surface area contributed by atoms with Gasteiger partial charge in [0.15, 0.2) is 0 Å². The van der Waals surface area contributed by atoms with Gasteiger partial charge >= 0.3 is 0 Å². The molecule has 3 nitrogen and oxygen atoms in total. The fourth-order valence-corrected chi connectivity index (χ4v) is 3.76. The number of nitrogens with zero attached hydrogens (tertiary/aromatic N) is 2. The summed E-state index contributed by atoms with van der Waals surface area (Å²) >= 11 is 1.78. The number of benzene rings is 1. The molecule has 0 amide bonds. The third-order valence-corrected chi connectivity index (χ3v) is 5.12. The second-order valence-electron chi connectivity index (χ2n) is 6.10. The third kappa shape index (κ3) is 4.08. The summed E-state index contributed by atoms with van der Waals surface area (Å²) in [5.41, 5.74) is 5.03. The van der Waals surface area contributed by atoms with E-state index in [9.17, 15) is 0 Å². The first-order valence-electron chi connectivity index (χ1n) is 8.30. The summed E-state index contributed by atoms with van der Waals surface area (Å²) in [6.07, 6.45) is 6.74. The Kier molecular flexibility index (Phi) is 5.38. The van der Waals surface area contributed by atoms with Crippen molar-refractivity contribution in [2.75, 3.05) is 0 Å². The lowest BCUT2D eigenvalue weighted by atomic mass is 9.96. The second-order valence-corrected chi connectivity index (χ2v) is 7.29. The Hall–Kier alpha value is -2.04. The molecule has 0 saturated heterocycles. The minimum atomic E-state index is 0.129. The molecule has 0 radical (unpaired) electrons. The number of aryl methyl sites for hydroxylation is 3. The van der Waals surface area contributed by atoms with E-state index in [2.05, 4.69) is 60.3 Å². The zero-order chi connectivity index (χ0) is 16.9. The van der Waals surface area contributed by atoms with Gasteiger partial charge in [-0.3, -0.25) is 4.98 Å². The molecule has 24 heavy (non-hydrogen) atoms. The Morgan fingerprint density at radius 1 is 1.08 bits per heavy atom. The van der Waals surface area contributed by atoms with Gasteiger partial charge < -0.3 is 5.32 Å². The second kappa shape index (κ2) is 7.69. The maximum absolute atomic E-state index is 4.45. The van der Waals surface area contributed by atoms with Crippen LogP contribution in [-0.4, -0.2) is 9.97 Å². The van der Waals surface area contributed by atoms with Crippen LogP contribution in [0.4, 0.5) is 0 Å². The number of nitrogens with one attached hydrogen (secondary N) is 1. The molecule has 2 aromatic heterocycles. The van der Waals surface area contributed by atoms with Crippen molar-refractivity contribution in [1.82, 2.24) is 15.3 Å². The topological polar surface area (TPSA) is 37.8 Å². The van der Waals surface area contributed by atoms with Gasteiger partial charge in [-0.15, -0.1) is 11.3 Å². The van der Waals surface area contributed by atoms with E-state index in [1.54, 1.807) is 11.3 Å². The van der Waals surface area contributed by atoms with E-state index in [1.807, 2.05) is 24.7 Å². The minimum absolute atomic E-state index is 0.129. The van der Waals surface area contributed by atoms with Crippen molar-refractivity contribution in [3.8, 4) is 0 Å². The maximum atomic E-state index is 4.45. The molecule has 1 atom stereocenters. The van der Waals surface area contributed by atoms with Crippen molar-refractivity contribution in [2.45, 2.75) is 39.8 Å². The van der Waals surface area contributed by atoms with Crippen LogP contribution >= 0.6 is 11.3 Å². The first kappa shape index (κ1) is 16.8. The molecule has 2 heterocycles. The van der Waals surface area contributed by atoms with E-state index in [-0.39, 0.29) is 6.04 Å². The molecule has 0 bridgehead atoms. The molecule has 1 aromatic carbocycles. The van der Waals surface area contributed by atoms with E-state index in [1.165, 1.54) is 32.1 Å². The average molecular weight is 337 g/mol. The van der Waals surface area contributed by atoms with Crippen molar-refractivity contribution < 1.29 is 0 Å². The van der Waals surface area contributed by atoms with E-state index in [4.69, 9.17) is 0 Å². The Bertz CT molecular complexity index is 775. The van der Waals surface area contributed by atoms with Gasteiger partial charge in [0, 0.05) is 30.0 Å². The fraction of sp³-hybridized carbons (Fsp3) is 0.300. The Morgan fingerprint density at radius 3 is 2.50 bits per heavy atom. The lowest BCUT2D eigenvalue weighted by Crippen LogP contribution is -2.22. The van der Waals surface area contributed by atoms with Crippen LogP contribution in [0.5, 0.6) is 0 Å². The molecule has 1 N–H and O–H groups in total. The molecule has 0 aliphatic heterocycles. The Morgan fingerprint density at radius 2 is 1.88 bits per heavy atom. The molecule has 3 rings (SSSR count). The number of rotatable bonds is 6. The molecule has 3 aromatic rings. The van der Waals surface area contributed by atoms with E-state index in [0.717, 1.165) is 13.0 Å². The summed E-state index contributed by atoms with van der Waals surface area (Å²) in [5.74, 6) is 0. The smallest absolute Gasteiger partial charge is 0.0925 e. The zero-order valence-electron chi connectivity index (χ0n) is 14.4. The van der Waals surface area contributed by atoms with Crippen molar-refractivity contribution in [1.29, 1.82) is 0 Å². The first-order chi connectivity index (χ1) is 11.7. The molecule has 124 valence electrons. The van der Waals surface area contributed by atoms with Gasteiger partial charge in [0.1, 0.15) is 0 Å². The monoisotopic (exact) mass is 337 g/mol. The summed E-state index contributed by atoms with van der Waals surface area (Å²) in [4.78, 5) is 10.0. The minimum Gasteiger partial charge on any atom is -0.301 e. The quantitative estimate of drug-likeness (QED) is 0.714. The highest BCUT2D eigenvalue weighted by molar-refractivity contribution is 7.11. The van der Waals surface area contributed by atoms with Gasteiger partial charge in [0.2, 0.25) is 0 Å². The Labute approximate surface area is 147 Å². The van der Waals surface area contributed by atoms with Crippen molar-refractivity contribution in [2.24, 2.45) is 0 Å². The van der Waals surface area contributed by atoms with Gasteiger partial charge in [-0.1, -0.05) is 42.3 Å². The zero-order valence-corrected chi connectivity index (χ0v) is 15.2. The number of hydrogen-bond acceptors (Lipinski definition) is 4. The number of aromatic nitrogens is 2. The highest BCUT2D eigenvalue weighted by Gasteiger charge is 2.15. The standard InChI is InChI=1S/C20H23N3S/c1-4-19-22-12-18(24-19)13-23-20(16-6-5-7-21-11-16)17-9-14(2)8-15(3)10-17/h5-12,20,23H,4,13H2,1-3H3. The van der Waals surface area contributed by atoms with Crippen molar-refractivity contribution in [3.63, 3.8) is 0 Å². The molecule has 0 fully saturated rings. The van der Waals surface area contributed by atoms with Crippen LogP contribution in [-0.2, 0) is 13.0 Å². The number of thiazole rings is 1. The highest BCUT2D eigenvalue weighted by Crippen LogP contribution is 2.25. The number of pyridine rings is 1. The normalized spacial score (nSPS) is 12.3. The molecular weight excluding hydrogens is 314 g/mol. The van der Waals surface area contributed by atoms with E-state index < -0.39 is 0 Å². The van der Waals surface area contributed by atoms with Crippen LogP contribution in [0, 0.1) is 13.8 Å². The van der Waals surface area contributed by atoms with Gasteiger partial charge in [-0.2, -0.15) is 0 Å². The van der Waals surface area contributed by atoms with Gasteiger partial charge in [0.25, 0.3) is 0 Å². The molecule has 0 aliphatic rings. The van der Waals surface area contributed by atoms with Crippen LogP contribution in [0.3, 0.4) is 0 Å². The molecule has 4 heteroatoms. The summed E-state index contributed by atoms with van der Waals surface area (Å²) in [6, 6.07) is 11.0. The summed E-state index contributed by atoms with van der Waals surface area (Å²) in [7, 11) is 0. The van der Waals surface area contributed by atoms with Crippen LogP contribution in [0.1, 0.15) is 45.1 Å².